The summed E-state index contributed by atoms with van der Waals surface area (Å²) in [4.78, 5) is 13.2. The molecule has 2 N–H and O–H groups in total. The number of carbonyl (C=O) groups is 1. The first-order chi connectivity index (χ1) is 18.0. The molecule has 1 aliphatic rings. The normalized spacial score (nSPS) is 14.7. The number of amides is 1. The van der Waals surface area contributed by atoms with E-state index < -0.39 is 19.9 Å². The van der Waals surface area contributed by atoms with Gasteiger partial charge in [-0.1, -0.05) is 24.1 Å². The van der Waals surface area contributed by atoms with Gasteiger partial charge in [-0.2, -0.15) is 4.31 Å². The highest BCUT2D eigenvalue weighted by Crippen LogP contribution is 2.30. The molecule has 3 aromatic rings. The van der Waals surface area contributed by atoms with E-state index in [0.717, 1.165) is 30.4 Å². The van der Waals surface area contributed by atoms with Crippen molar-refractivity contribution in [2.45, 2.75) is 54.7 Å². The second-order valence-electron chi connectivity index (χ2n) is 9.57. The van der Waals surface area contributed by atoms with Crippen LogP contribution in [0.4, 0.5) is 11.4 Å². The number of nitrogens with one attached hydrogen (secondary N) is 2. The highest BCUT2D eigenvalue weighted by atomic mass is 32.2. The van der Waals surface area contributed by atoms with Gasteiger partial charge in [0.05, 0.1) is 21.2 Å². The Morgan fingerprint density at radius 2 is 1.37 bits per heavy atom. The fraction of sp³-hybridized carbons (Fsp3) is 0.321. The van der Waals surface area contributed by atoms with Gasteiger partial charge in [-0.25, -0.2) is 16.8 Å². The van der Waals surface area contributed by atoms with E-state index in [1.807, 2.05) is 13.8 Å². The summed E-state index contributed by atoms with van der Waals surface area (Å²) in [5.41, 5.74) is 3.47. The zero-order valence-electron chi connectivity index (χ0n) is 21.8. The van der Waals surface area contributed by atoms with Crippen LogP contribution in [0, 0.1) is 20.8 Å². The van der Waals surface area contributed by atoms with Crippen molar-refractivity contribution in [3.8, 4) is 0 Å². The molecule has 0 saturated carbocycles. The van der Waals surface area contributed by atoms with Crippen LogP contribution in [0.15, 0.2) is 75.4 Å². The van der Waals surface area contributed by atoms with E-state index in [0.29, 0.717) is 30.0 Å². The SMILES string of the molecule is Cc1ccc(S(=O)(=O)c2ccc(NCC(=O)Nc3ccc(S(=O)(=O)N4CCCCC4)cc3)c(C)c2C)cc1. The summed E-state index contributed by atoms with van der Waals surface area (Å²) in [6.07, 6.45) is 2.77. The molecular weight excluding hydrogens is 522 g/mol. The molecule has 10 heteroatoms. The minimum Gasteiger partial charge on any atom is -0.376 e. The molecule has 0 unspecified atom stereocenters. The van der Waals surface area contributed by atoms with Crippen molar-refractivity contribution < 1.29 is 21.6 Å². The average molecular weight is 556 g/mol. The molecule has 0 aliphatic carbocycles. The van der Waals surface area contributed by atoms with Crippen LogP contribution in [0.5, 0.6) is 0 Å². The summed E-state index contributed by atoms with van der Waals surface area (Å²) in [5.74, 6) is -0.315. The monoisotopic (exact) mass is 555 g/mol. The number of sulfone groups is 1. The highest BCUT2D eigenvalue weighted by Gasteiger charge is 2.26. The van der Waals surface area contributed by atoms with Crippen LogP contribution in [-0.4, -0.2) is 46.7 Å². The predicted molar refractivity (Wildman–Crippen MR) is 149 cm³/mol. The Morgan fingerprint density at radius 3 is 2.00 bits per heavy atom. The first kappa shape index (κ1) is 27.8. The number of anilines is 2. The maximum absolute atomic E-state index is 13.1. The number of nitrogens with zero attached hydrogens (tertiary/aromatic N) is 1. The van der Waals surface area contributed by atoms with Crippen LogP contribution in [0.3, 0.4) is 0 Å². The molecule has 202 valence electrons. The third kappa shape index (κ3) is 5.92. The molecule has 8 nitrogen and oxygen atoms in total. The van der Waals surface area contributed by atoms with Crippen LogP contribution < -0.4 is 10.6 Å². The van der Waals surface area contributed by atoms with Gasteiger partial charge in [0, 0.05) is 24.5 Å². The van der Waals surface area contributed by atoms with Gasteiger partial charge in [-0.3, -0.25) is 4.79 Å². The molecule has 0 aromatic heterocycles. The average Bonchev–Trinajstić information content (AvgIpc) is 2.90. The van der Waals surface area contributed by atoms with Gasteiger partial charge in [0.15, 0.2) is 0 Å². The van der Waals surface area contributed by atoms with E-state index >= 15 is 0 Å². The number of benzene rings is 3. The van der Waals surface area contributed by atoms with Gasteiger partial charge < -0.3 is 10.6 Å². The number of carbonyl (C=O) groups excluding carboxylic acids is 1. The summed E-state index contributed by atoms with van der Waals surface area (Å²) in [6, 6.07) is 16.1. The number of hydrogen-bond acceptors (Lipinski definition) is 6. The Bertz CT molecular complexity index is 1530. The van der Waals surface area contributed by atoms with Crippen molar-refractivity contribution in [2.75, 3.05) is 30.3 Å². The second-order valence-corrected chi connectivity index (χ2v) is 13.4. The molecule has 1 aliphatic heterocycles. The summed E-state index contributed by atoms with van der Waals surface area (Å²) < 4.78 is 53.4. The molecular formula is C28H33N3O5S2. The second kappa shape index (κ2) is 11.3. The number of aryl methyl sites for hydroxylation is 1. The van der Waals surface area contributed by atoms with E-state index in [-0.39, 0.29) is 27.1 Å². The fourth-order valence-electron chi connectivity index (χ4n) is 4.47. The standard InChI is InChI=1S/C28H33N3O5S2/c1-20-7-11-24(12-8-20)37(33,34)27-16-15-26(21(2)22(27)3)29-19-28(32)30-23-9-13-25(14-10-23)38(35,36)31-17-5-4-6-18-31/h7-16,29H,4-6,17-19H2,1-3H3,(H,30,32). The van der Waals surface area contributed by atoms with E-state index in [9.17, 15) is 21.6 Å². The lowest BCUT2D eigenvalue weighted by atomic mass is 10.1. The third-order valence-corrected chi connectivity index (χ3v) is 10.7. The first-order valence-electron chi connectivity index (χ1n) is 12.6. The molecule has 0 spiro atoms. The molecule has 1 fully saturated rings. The summed E-state index contributed by atoms with van der Waals surface area (Å²) in [5, 5.41) is 5.83. The van der Waals surface area contributed by atoms with E-state index in [2.05, 4.69) is 10.6 Å². The molecule has 4 rings (SSSR count). The van der Waals surface area contributed by atoms with Crippen molar-refractivity contribution in [1.29, 1.82) is 0 Å². The predicted octanol–water partition coefficient (Wildman–Crippen LogP) is 4.67. The zero-order valence-corrected chi connectivity index (χ0v) is 23.5. The van der Waals surface area contributed by atoms with Crippen molar-refractivity contribution in [1.82, 2.24) is 4.31 Å². The Morgan fingerprint density at radius 1 is 0.763 bits per heavy atom. The van der Waals surface area contributed by atoms with Gasteiger partial charge in [-0.15, -0.1) is 0 Å². The molecule has 1 amide bonds. The minimum absolute atomic E-state index is 0.0435. The largest absolute Gasteiger partial charge is 0.376 e. The lowest BCUT2D eigenvalue weighted by Gasteiger charge is -2.25. The molecule has 1 saturated heterocycles. The van der Waals surface area contributed by atoms with Crippen molar-refractivity contribution in [3.63, 3.8) is 0 Å². The number of hydrogen-bond donors (Lipinski definition) is 2. The van der Waals surface area contributed by atoms with Crippen LogP contribution in [0.25, 0.3) is 0 Å². The molecule has 38 heavy (non-hydrogen) atoms. The van der Waals surface area contributed by atoms with Gasteiger partial charge in [0.25, 0.3) is 0 Å². The van der Waals surface area contributed by atoms with Gasteiger partial charge in [0.2, 0.25) is 25.8 Å². The smallest absolute Gasteiger partial charge is 0.243 e. The maximum Gasteiger partial charge on any atom is 0.243 e. The van der Waals surface area contributed by atoms with Crippen molar-refractivity contribution in [3.05, 3.63) is 77.4 Å². The summed E-state index contributed by atoms with van der Waals surface area (Å²) >= 11 is 0. The maximum atomic E-state index is 13.1. The quantitative estimate of drug-likeness (QED) is 0.418. The topological polar surface area (TPSA) is 113 Å². The van der Waals surface area contributed by atoms with Gasteiger partial charge >= 0.3 is 0 Å². The Kier molecular flexibility index (Phi) is 8.25. The third-order valence-electron chi connectivity index (χ3n) is 6.89. The zero-order chi connectivity index (χ0) is 27.5. The molecule has 0 atom stereocenters. The van der Waals surface area contributed by atoms with E-state index in [1.54, 1.807) is 55.5 Å². The Hall–Kier alpha value is -3.21. The molecule has 0 radical (unpaired) electrons. The van der Waals surface area contributed by atoms with E-state index in [1.165, 1.54) is 16.4 Å². The lowest BCUT2D eigenvalue weighted by molar-refractivity contribution is -0.114. The van der Waals surface area contributed by atoms with Gasteiger partial charge in [0.1, 0.15) is 0 Å². The molecule has 3 aromatic carbocycles. The summed E-state index contributed by atoms with van der Waals surface area (Å²) in [7, 11) is -7.20. The van der Waals surface area contributed by atoms with Crippen LogP contribution in [0.1, 0.15) is 36.0 Å². The van der Waals surface area contributed by atoms with E-state index in [4.69, 9.17) is 0 Å². The van der Waals surface area contributed by atoms with Crippen LogP contribution in [-0.2, 0) is 24.7 Å². The molecule has 0 bridgehead atoms. The summed E-state index contributed by atoms with van der Waals surface area (Å²) in [6.45, 7) is 6.48. The van der Waals surface area contributed by atoms with Crippen LogP contribution >= 0.6 is 0 Å². The number of rotatable bonds is 8. The number of piperidine rings is 1. The van der Waals surface area contributed by atoms with Gasteiger partial charge in [-0.05, 0) is 93.3 Å². The first-order valence-corrected chi connectivity index (χ1v) is 15.5. The fourth-order valence-corrected chi connectivity index (χ4v) is 7.54. The molecule has 1 heterocycles. The minimum atomic E-state index is -3.67. The highest BCUT2D eigenvalue weighted by molar-refractivity contribution is 7.91. The van der Waals surface area contributed by atoms with Crippen molar-refractivity contribution in [2.24, 2.45) is 0 Å². The van der Waals surface area contributed by atoms with Crippen LogP contribution in [0.2, 0.25) is 0 Å². The lowest BCUT2D eigenvalue weighted by Crippen LogP contribution is -2.35. The van der Waals surface area contributed by atoms with Crippen molar-refractivity contribution >= 4 is 37.1 Å². The Labute approximate surface area is 225 Å². The Balaban J connectivity index is 1.40. The number of sulfonamides is 1.